The van der Waals surface area contributed by atoms with Crippen molar-refractivity contribution in [2.45, 2.75) is 39.2 Å². The number of carbonyl (C=O) groups excluding carboxylic acids is 1. The zero-order valence-electron chi connectivity index (χ0n) is 11.1. The summed E-state index contributed by atoms with van der Waals surface area (Å²) in [5.41, 5.74) is 8.22. The third kappa shape index (κ3) is 4.37. The number of aliphatic hydroxyl groups excluding tert-OH is 1. The summed E-state index contributed by atoms with van der Waals surface area (Å²) in [6, 6.07) is 5.50. The van der Waals surface area contributed by atoms with Gasteiger partial charge in [-0.15, -0.1) is 0 Å². The second-order valence-corrected chi connectivity index (χ2v) is 4.52. The van der Waals surface area contributed by atoms with Crippen LogP contribution in [0.2, 0.25) is 0 Å². The van der Waals surface area contributed by atoms with Crippen molar-refractivity contribution in [2.24, 2.45) is 0 Å². The summed E-state index contributed by atoms with van der Waals surface area (Å²) >= 11 is 0. The lowest BCUT2D eigenvalue weighted by Crippen LogP contribution is -2.24. The topological polar surface area (TPSA) is 75.3 Å². The lowest BCUT2D eigenvalue weighted by atomic mass is 10.0. The molecule has 0 bridgehead atoms. The van der Waals surface area contributed by atoms with Crippen molar-refractivity contribution in [1.82, 2.24) is 5.32 Å². The second-order valence-electron chi connectivity index (χ2n) is 4.52. The molecule has 0 aromatic heterocycles. The number of carbonyl (C=O) groups is 1. The van der Waals surface area contributed by atoms with E-state index < -0.39 is 6.10 Å². The Morgan fingerprint density at radius 2 is 2.22 bits per heavy atom. The lowest BCUT2D eigenvalue weighted by Gasteiger charge is -2.12. The van der Waals surface area contributed by atoms with Crippen molar-refractivity contribution < 1.29 is 9.90 Å². The molecule has 4 heteroatoms. The average molecular weight is 250 g/mol. The quantitative estimate of drug-likeness (QED) is 0.675. The average Bonchev–Trinajstić information content (AvgIpc) is 2.36. The minimum Gasteiger partial charge on any atom is -0.399 e. The van der Waals surface area contributed by atoms with Gasteiger partial charge in [-0.1, -0.05) is 19.1 Å². The largest absolute Gasteiger partial charge is 0.399 e. The van der Waals surface area contributed by atoms with Crippen molar-refractivity contribution in [1.29, 1.82) is 0 Å². The third-order valence-corrected chi connectivity index (χ3v) is 2.91. The first-order valence-corrected chi connectivity index (χ1v) is 6.35. The predicted octanol–water partition coefficient (Wildman–Crippen LogP) is 1.92. The zero-order valence-corrected chi connectivity index (χ0v) is 11.1. The molecule has 0 radical (unpaired) electrons. The standard InChI is InChI=1S/C14H22N2O2/c1-3-8-16-14(18)7-6-13(17)11-5-4-10(2)12(15)9-11/h4-5,9,13,17H,3,6-8,15H2,1-2H3,(H,16,18). The van der Waals surface area contributed by atoms with Gasteiger partial charge in [0.15, 0.2) is 0 Å². The number of rotatable bonds is 6. The fraction of sp³-hybridized carbons (Fsp3) is 0.500. The molecule has 0 aliphatic heterocycles. The molecule has 0 heterocycles. The molecule has 1 rings (SSSR count). The molecule has 1 aromatic rings. The molecule has 0 aliphatic carbocycles. The molecule has 0 fully saturated rings. The molecule has 1 atom stereocenters. The van der Waals surface area contributed by atoms with Crippen LogP contribution in [0.3, 0.4) is 0 Å². The van der Waals surface area contributed by atoms with Crippen LogP contribution in [0.25, 0.3) is 0 Å². The highest BCUT2D eigenvalue weighted by Gasteiger charge is 2.11. The molecule has 18 heavy (non-hydrogen) atoms. The number of benzene rings is 1. The van der Waals surface area contributed by atoms with Gasteiger partial charge in [0.25, 0.3) is 0 Å². The zero-order chi connectivity index (χ0) is 13.5. The number of nitrogen functional groups attached to an aromatic ring is 1. The van der Waals surface area contributed by atoms with Crippen LogP contribution in [0.5, 0.6) is 0 Å². The van der Waals surface area contributed by atoms with Crippen molar-refractivity contribution in [3.63, 3.8) is 0 Å². The van der Waals surface area contributed by atoms with E-state index in [0.29, 0.717) is 25.1 Å². The molecule has 4 nitrogen and oxygen atoms in total. The van der Waals surface area contributed by atoms with E-state index in [0.717, 1.165) is 17.5 Å². The fourth-order valence-electron chi connectivity index (χ4n) is 1.65. The van der Waals surface area contributed by atoms with Gasteiger partial charge in [0, 0.05) is 18.7 Å². The second kappa shape index (κ2) is 7.01. The van der Waals surface area contributed by atoms with E-state index in [1.54, 1.807) is 6.07 Å². The van der Waals surface area contributed by atoms with Crippen LogP contribution < -0.4 is 11.1 Å². The van der Waals surface area contributed by atoms with Crippen molar-refractivity contribution >= 4 is 11.6 Å². The van der Waals surface area contributed by atoms with E-state index in [2.05, 4.69) is 5.32 Å². The summed E-state index contributed by atoms with van der Waals surface area (Å²) in [5, 5.41) is 12.8. The minimum atomic E-state index is -0.639. The van der Waals surface area contributed by atoms with E-state index in [4.69, 9.17) is 5.73 Å². The summed E-state index contributed by atoms with van der Waals surface area (Å²) in [6.45, 7) is 4.61. The number of hydrogen-bond acceptors (Lipinski definition) is 3. The van der Waals surface area contributed by atoms with E-state index in [1.165, 1.54) is 0 Å². The summed E-state index contributed by atoms with van der Waals surface area (Å²) < 4.78 is 0. The van der Waals surface area contributed by atoms with Crippen LogP contribution >= 0.6 is 0 Å². The maximum Gasteiger partial charge on any atom is 0.220 e. The third-order valence-electron chi connectivity index (χ3n) is 2.91. The number of hydrogen-bond donors (Lipinski definition) is 3. The molecule has 0 spiro atoms. The van der Waals surface area contributed by atoms with Crippen LogP contribution in [-0.4, -0.2) is 17.6 Å². The van der Waals surface area contributed by atoms with Gasteiger partial charge < -0.3 is 16.2 Å². The summed E-state index contributed by atoms with van der Waals surface area (Å²) in [7, 11) is 0. The Hall–Kier alpha value is -1.55. The highest BCUT2D eigenvalue weighted by molar-refractivity contribution is 5.75. The highest BCUT2D eigenvalue weighted by Crippen LogP contribution is 2.22. The van der Waals surface area contributed by atoms with Gasteiger partial charge in [0.2, 0.25) is 5.91 Å². The van der Waals surface area contributed by atoms with Crippen LogP contribution in [0.4, 0.5) is 5.69 Å². The maximum atomic E-state index is 11.4. The number of amides is 1. The smallest absolute Gasteiger partial charge is 0.220 e. The van der Waals surface area contributed by atoms with E-state index in [1.807, 2.05) is 26.0 Å². The molecule has 1 aromatic carbocycles. The fourth-order valence-corrected chi connectivity index (χ4v) is 1.65. The first-order chi connectivity index (χ1) is 8.54. The molecule has 100 valence electrons. The number of aryl methyl sites for hydroxylation is 1. The Morgan fingerprint density at radius 1 is 1.50 bits per heavy atom. The molecule has 0 saturated carbocycles. The molecular weight excluding hydrogens is 228 g/mol. The van der Waals surface area contributed by atoms with Gasteiger partial charge >= 0.3 is 0 Å². The number of aliphatic hydroxyl groups is 1. The molecule has 4 N–H and O–H groups in total. The number of nitrogens with two attached hydrogens (primary N) is 1. The van der Waals surface area contributed by atoms with Gasteiger partial charge in [-0.05, 0) is 37.0 Å². The van der Waals surface area contributed by atoms with Gasteiger partial charge in [-0.2, -0.15) is 0 Å². The predicted molar refractivity (Wildman–Crippen MR) is 73.1 cm³/mol. The Balaban J connectivity index is 2.47. The van der Waals surface area contributed by atoms with Crippen LogP contribution in [-0.2, 0) is 4.79 Å². The van der Waals surface area contributed by atoms with Crippen LogP contribution in [0.15, 0.2) is 18.2 Å². The van der Waals surface area contributed by atoms with Gasteiger partial charge in [-0.25, -0.2) is 0 Å². The number of nitrogens with one attached hydrogen (secondary N) is 1. The Kier molecular flexibility index (Phi) is 5.65. The van der Waals surface area contributed by atoms with Gasteiger partial charge in [0.1, 0.15) is 0 Å². The maximum absolute atomic E-state index is 11.4. The molecule has 1 amide bonds. The minimum absolute atomic E-state index is 0.0176. The molecule has 1 unspecified atom stereocenters. The Morgan fingerprint density at radius 3 is 2.83 bits per heavy atom. The summed E-state index contributed by atoms with van der Waals surface area (Å²) in [5.74, 6) is -0.0176. The normalized spacial score (nSPS) is 12.2. The Labute approximate surface area is 108 Å². The summed E-state index contributed by atoms with van der Waals surface area (Å²) in [6.07, 6.45) is 1.02. The van der Waals surface area contributed by atoms with Crippen LogP contribution in [0, 0.1) is 6.92 Å². The number of anilines is 1. The van der Waals surface area contributed by atoms with Gasteiger partial charge in [0.05, 0.1) is 6.10 Å². The Bertz CT molecular complexity index is 405. The van der Waals surface area contributed by atoms with Gasteiger partial charge in [-0.3, -0.25) is 4.79 Å². The van der Waals surface area contributed by atoms with Crippen molar-refractivity contribution in [3.05, 3.63) is 29.3 Å². The summed E-state index contributed by atoms with van der Waals surface area (Å²) in [4.78, 5) is 11.4. The monoisotopic (exact) mass is 250 g/mol. The lowest BCUT2D eigenvalue weighted by molar-refractivity contribution is -0.121. The van der Waals surface area contributed by atoms with Crippen molar-refractivity contribution in [3.8, 4) is 0 Å². The SMILES string of the molecule is CCCNC(=O)CCC(O)c1ccc(C)c(N)c1. The first kappa shape index (κ1) is 14.5. The van der Waals surface area contributed by atoms with E-state index in [-0.39, 0.29) is 5.91 Å². The molecule has 0 aliphatic rings. The van der Waals surface area contributed by atoms with Crippen LogP contribution in [0.1, 0.15) is 43.4 Å². The van der Waals surface area contributed by atoms with E-state index >= 15 is 0 Å². The van der Waals surface area contributed by atoms with Crippen molar-refractivity contribution in [2.75, 3.05) is 12.3 Å². The van der Waals surface area contributed by atoms with E-state index in [9.17, 15) is 9.90 Å². The molecule has 0 saturated heterocycles. The molecular formula is C14H22N2O2. The highest BCUT2D eigenvalue weighted by atomic mass is 16.3. The first-order valence-electron chi connectivity index (χ1n) is 6.35.